The first-order chi connectivity index (χ1) is 9.63. The van der Waals surface area contributed by atoms with Crippen LogP contribution in [0.2, 0.25) is 5.02 Å². The molecule has 0 aliphatic heterocycles. The average molecular weight is 354 g/mol. The molecule has 2 rings (SSSR count). The topological polar surface area (TPSA) is 26.3 Å². The number of carbonyl (C=O) groups excluding carboxylic acids is 1. The summed E-state index contributed by atoms with van der Waals surface area (Å²) in [5.74, 6) is 0.457. The van der Waals surface area contributed by atoms with E-state index in [2.05, 4.69) is 15.9 Å². The third kappa shape index (κ3) is 3.41. The zero-order valence-electron chi connectivity index (χ0n) is 11.0. The minimum Gasteiger partial charge on any atom is -0.493 e. The Bertz CT molecular complexity index is 626. The molecule has 0 spiro atoms. The summed E-state index contributed by atoms with van der Waals surface area (Å²) in [5, 5.41) is 0.434. The van der Waals surface area contributed by atoms with Crippen LogP contribution in [0, 0.1) is 0 Å². The molecule has 2 aromatic rings. The Kier molecular flexibility index (Phi) is 5.21. The Labute approximate surface area is 131 Å². The van der Waals surface area contributed by atoms with Crippen LogP contribution in [0.15, 0.2) is 46.9 Å². The number of halogens is 2. The van der Waals surface area contributed by atoms with Gasteiger partial charge in [0, 0.05) is 10.0 Å². The number of ketones is 1. The largest absolute Gasteiger partial charge is 0.493 e. The average Bonchev–Trinajstić information content (AvgIpc) is 2.47. The molecular formula is C16H14BrClO2. The second-order valence-electron chi connectivity index (χ2n) is 4.30. The molecule has 0 saturated heterocycles. The quantitative estimate of drug-likeness (QED) is 0.697. The number of para-hydroxylation sites is 1. The molecule has 2 aromatic carbocycles. The van der Waals surface area contributed by atoms with Gasteiger partial charge < -0.3 is 4.74 Å². The van der Waals surface area contributed by atoms with Crippen molar-refractivity contribution in [2.24, 2.45) is 0 Å². The summed E-state index contributed by atoms with van der Waals surface area (Å²) >= 11 is 9.47. The summed E-state index contributed by atoms with van der Waals surface area (Å²) in [6.07, 6.45) is 0.889. The molecule has 0 bridgehead atoms. The lowest BCUT2D eigenvalue weighted by molar-refractivity contribution is 0.103. The van der Waals surface area contributed by atoms with E-state index in [1.54, 1.807) is 30.3 Å². The van der Waals surface area contributed by atoms with Gasteiger partial charge in [-0.3, -0.25) is 4.79 Å². The first-order valence-electron chi connectivity index (χ1n) is 6.35. The predicted molar refractivity (Wildman–Crippen MR) is 84.8 cm³/mol. The van der Waals surface area contributed by atoms with E-state index in [0.29, 0.717) is 28.5 Å². The summed E-state index contributed by atoms with van der Waals surface area (Å²) in [4.78, 5) is 12.6. The monoisotopic (exact) mass is 352 g/mol. The second kappa shape index (κ2) is 6.91. The molecular weight excluding hydrogens is 340 g/mol. The van der Waals surface area contributed by atoms with Gasteiger partial charge in [-0.25, -0.2) is 0 Å². The summed E-state index contributed by atoms with van der Waals surface area (Å²) < 4.78 is 6.44. The third-order valence-corrected chi connectivity index (χ3v) is 3.59. The molecule has 0 saturated carbocycles. The maximum absolute atomic E-state index is 12.6. The van der Waals surface area contributed by atoms with E-state index in [-0.39, 0.29) is 5.78 Å². The lowest BCUT2D eigenvalue weighted by Crippen LogP contribution is -2.06. The third-order valence-electron chi connectivity index (χ3n) is 2.77. The Morgan fingerprint density at radius 1 is 1.20 bits per heavy atom. The van der Waals surface area contributed by atoms with E-state index in [1.807, 2.05) is 19.1 Å². The van der Waals surface area contributed by atoms with Gasteiger partial charge in [0.05, 0.1) is 17.2 Å². The van der Waals surface area contributed by atoms with E-state index in [0.717, 1.165) is 10.9 Å². The highest BCUT2D eigenvalue weighted by atomic mass is 79.9. The molecule has 0 fully saturated rings. The molecule has 0 heterocycles. The molecule has 0 aliphatic carbocycles. The smallest absolute Gasteiger partial charge is 0.198 e. The van der Waals surface area contributed by atoms with Crippen LogP contribution in [0.4, 0.5) is 0 Å². The fourth-order valence-electron chi connectivity index (χ4n) is 1.81. The van der Waals surface area contributed by atoms with Crippen LogP contribution in [0.3, 0.4) is 0 Å². The van der Waals surface area contributed by atoms with Gasteiger partial charge in [-0.15, -0.1) is 0 Å². The van der Waals surface area contributed by atoms with E-state index < -0.39 is 0 Å². The Balaban J connectivity index is 2.40. The van der Waals surface area contributed by atoms with E-state index in [4.69, 9.17) is 16.3 Å². The number of hydrogen-bond donors (Lipinski definition) is 0. The summed E-state index contributed by atoms with van der Waals surface area (Å²) in [6, 6.07) is 12.5. The van der Waals surface area contributed by atoms with Crippen LogP contribution < -0.4 is 4.74 Å². The Morgan fingerprint density at radius 3 is 2.70 bits per heavy atom. The first-order valence-corrected chi connectivity index (χ1v) is 7.52. The molecule has 0 aromatic heterocycles. The minimum absolute atomic E-state index is 0.136. The second-order valence-corrected chi connectivity index (χ2v) is 5.62. The van der Waals surface area contributed by atoms with E-state index >= 15 is 0 Å². The molecule has 2 nitrogen and oxygen atoms in total. The zero-order valence-corrected chi connectivity index (χ0v) is 13.4. The fraction of sp³-hybridized carbons (Fsp3) is 0.188. The lowest BCUT2D eigenvalue weighted by atomic mass is 10.0. The van der Waals surface area contributed by atoms with Crippen molar-refractivity contribution < 1.29 is 9.53 Å². The molecule has 0 amide bonds. The molecule has 4 heteroatoms. The summed E-state index contributed by atoms with van der Waals surface area (Å²) in [5.41, 5.74) is 0.995. The van der Waals surface area contributed by atoms with Crippen LogP contribution in [0.1, 0.15) is 29.3 Å². The van der Waals surface area contributed by atoms with Crippen molar-refractivity contribution in [3.05, 3.63) is 63.1 Å². The van der Waals surface area contributed by atoms with Gasteiger partial charge in [0.1, 0.15) is 5.75 Å². The first kappa shape index (κ1) is 15.1. The molecule has 0 aliphatic rings. The number of hydrogen-bond acceptors (Lipinski definition) is 2. The number of rotatable bonds is 5. The Hall–Kier alpha value is -1.32. The van der Waals surface area contributed by atoms with Crippen molar-refractivity contribution >= 4 is 33.3 Å². The van der Waals surface area contributed by atoms with E-state index in [9.17, 15) is 4.79 Å². The molecule has 104 valence electrons. The van der Waals surface area contributed by atoms with Crippen LogP contribution in [-0.4, -0.2) is 12.4 Å². The van der Waals surface area contributed by atoms with Crippen molar-refractivity contribution in [1.82, 2.24) is 0 Å². The van der Waals surface area contributed by atoms with Crippen LogP contribution in [-0.2, 0) is 0 Å². The zero-order chi connectivity index (χ0) is 14.5. The highest BCUT2D eigenvalue weighted by Gasteiger charge is 2.17. The normalized spacial score (nSPS) is 10.3. The van der Waals surface area contributed by atoms with Crippen molar-refractivity contribution in [3.63, 3.8) is 0 Å². The number of benzene rings is 2. The SMILES string of the molecule is CCCOc1ccccc1C(=O)c1cc(Br)ccc1Cl. The lowest BCUT2D eigenvalue weighted by Gasteiger charge is -2.11. The standard InChI is InChI=1S/C16H14BrClO2/c1-2-9-20-15-6-4-3-5-12(15)16(19)13-10-11(17)7-8-14(13)18/h3-8,10H,2,9H2,1H3. The summed E-state index contributed by atoms with van der Waals surface area (Å²) in [6.45, 7) is 2.60. The van der Waals surface area contributed by atoms with Crippen molar-refractivity contribution in [2.75, 3.05) is 6.61 Å². The number of ether oxygens (including phenoxy) is 1. The van der Waals surface area contributed by atoms with Crippen molar-refractivity contribution in [2.45, 2.75) is 13.3 Å². The van der Waals surface area contributed by atoms with Gasteiger partial charge in [-0.05, 0) is 36.8 Å². The summed E-state index contributed by atoms with van der Waals surface area (Å²) in [7, 11) is 0. The predicted octanol–water partition coefficient (Wildman–Crippen LogP) is 5.12. The van der Waals surface area contributed by atoms with Gasteiger partial charge in [0.2, 0.25) is 0 Å². The number of carbonyl (C=O) groups is 1. The van der Waals surface area contributed by atoms with Gasteiger partial charge in [0.25, 0.3) is 0 Å². The fourth-order valence-corrected chi connectivity index (χ4v) is 2.37. The molecule has 0 atom stereocenters. The maximum atomic E-state index is 12.6. The van der Waals surface area contributed by atoms with Gasteiger partial charge >= 0.3 is 0 Å². The molecule has 20 heavy (non-hydrogen) atoms. The minimum atomic E-state index is -0.136. The van der Waals surface area contributed by atoms with Crippen LogP contribution in [0.5, 0.6) is 5.75 Å². The van der Waals surface area contributed by atoms with Crippen molar-refractivity contribution in [3.8, 4) is 5.75 Å². The maximum Gasteiger partial charge on any atom is 0.198 e. The van der Waals surface area contributed by atoms with Crippen LogP contribution in [0.25, 0.3) is 0 Å². The van der Waals surface area contributed by atoms with Gasteiger partial charge in [-0.1, -0.05) is 46.6 Å². The van der Waals surface area contributed by atoms with Crippen molar-refractivity contribution in [1.29, 1.82) is 0 Å². The van der Waals surface area contributed by atoms with E-state index in [1.165, 1.54) is 0 Å². The highest BCUT2D eigenvalue weighted by Crippen LogP contribution is 2.27. The molecule has 0 N–H and O–H groups in total. The Morgan fingerprint density at radius 2 is 1.95 bits per heavy atom. The van der Waals surface area contributed by atoms with Gasteiger partial charge in [0.15, 0.2) is 5.78 Å². The molecule has 0 unspecified atom stereocenters. The molecule has 0 radical (unpaired) electrons. The van der Waals surface area contributed by atoms with Gasteiger partial charge in [-0.2, -0.15) is 0 Å². The highest BCUT2D eigenvalue weighted by molar-refractivity contribution is 9.10. The van der Waals surface area contributed by atoms with Crippen LogP contribution >= 0.6 is 27.5 Å².